The van der Waals surface area contributed by atoms with Crippen LogP contribution in [0.1, 0.15) is 30.4 Å². The highest BCUT2D eigenvalue weighted by atomic mass is 35.5. The van der Waals surface area contributed by atoms with Gasteiger partial charge < -0.3 is 19.9 Å². The first kappa shape index (κ1) is 19.2. The van der Waals surface area contributed by atoms with Gasteiger partial charge in [0.05, 0.1) is 12.1 Å². The van der Waals surface area contributed by atoms with Crippen LogP contribution in [-0.4, -0.2) is 77.6 Å². The fourth-order valence-corrected chi connectivity index (χ4v) is 5.41. The van der Waals surface area contributed by atoms with Gasteiger partial charge in [-0.25, -0.2) is 4.79 Å². The Morgan fingerprint density at radius 2 is 1.90 bits per heavy atom. The molecule has 0 saturated carbocycles. The Bertz CT molecular complexity index is 811. The van der Waals surface area contributed by atoms with Crippen molar-refractivity contribution in [3.05, 3.63) is 34.3 Å². The molecule has 156 valence electrons. The van der Waals surface area contributed by atoms with Crippen molar-refractivity contribution in [1.82, 2.24) is 20.0 Å². The van der Waals surface area contributed by atoms with Crippen LogP contribution >= 0.6 is 11.6 Å². The lowest BCUT2D eigenvalue weighted by molar-refractivity contribution is -0.139. The van der Waals surface area contributed by atoms with E-state index in [2.05, 4.69) is 16.3 Å². The van der Waals surface area contributed by atoms with E-state index in [1.165, 1.54) is 11.1 Å². The largest absolute Gasteiger partial charge is 0.366 e. The molecule has 4 aliphatic heterocycles. The second-order valence-electron chi connectivity index (χ2n) is 8.54. The summed E-state index contributed by atoms with van der Waals surface area (Å²) in [4.78, 5) is 31.0. The van der Waals surface area contributed by atoms with Crippen LogP contribution in [0, 0.1) is 0 Å². The molecule has 0 spiro atoms. The van der Waals surface area contributed by atoms with Crippen LogP contribution in [0.4, 0.5) is 4.79 Å². The molecule has 4 heterocycles. The van der Waals surface area contributed by atoms with Crippen LogP contribution in [-0.2, 0) is 22.6 Å². The average molecular weight is 419 g/mol. The number of amides is 3. The molecule has 8 heteroatoms. The lowest BCUT2D eigenvalue weighted by atomic mass is 10.00. The maximum absolute atomic E-state index is 13.0. The Morgan fingerprint density at radius 3 is 2.69 bits per heavy atom. The van der Waals surface area contributed by atoms with Gasteiger partial charge in [0.2, 0.25) is 5.91 Å². The molecule has 0 aliphatic carbocycles. The second-order valence-corrected chi connectivity index (χ2v) is 8.95. The zero-order valence-electron chi connectivity index (χ0n) is 16.5. The number of carbonyl (C=O) groups excluding carboxylic acids is 2. The van der Waals surface area contributed by atoms with Crippen LogP contribution < -0.4 is 5.32 Å². The van der Waals surface area contributed by atoms with Gasteiger partial charge in [-0.15, -0.1) is 0 Å². The van der Waals surface area contributed by atoms with E-state index in [-0.39, 0.29) is 30.7 Å². The van der Waals surface area contributed by atoms with E-state index >= 15 is 0 Å². The summed E-state index contributed by atoms with van der Waals surface area (Å²) in [5, 5.41) is 3.83. The topological polar surface area (TPSA) is 65.1 Å². The van der Waals surface area contributed by atoms with E-state index in [0.717, 1.165) is 50.5 Å². The standard InChI is InChI=1S/C21H27ClN4O3/c22-17-3-1-2-14-10-26(11-16(14)17)15-4-7-24(8-5-15)21(28)25-9-6-19-18(12-25)23-20(27)13-29-19/h1-3,15,18-19H,4-13H2,(H,23,27)/t18-,19?/m1/s1. The Balaban J connectivity index is 1.15. The van der Waals surface area contributed by atoms with Gasteiger partial charge in [0.15, 0.2) is 0 Å². The summed E-state index contributed by atoms with van der Waals surface area (Å²) in [6.45, 7) is 4.76. The number of fused-ring (bicyclic) bond motifs is 2. The minimum atomic E-state index is -0.0897. The normalized spacial score (nSPS) is 28.1. The number of morpholine rings is 1. The average Bonchev–Trinajstić information content (AvgIpc) is 3.18. The van der Waals surface area contributed by atoms with E-state index in [0.29, 0.717) is 19.1 Å². The van der Waals surface area contributed by atoms with Crippen LogP contribution in [0.3, 0.4) is 0 Å². The van der Waals surface area contributed by atoms with E-state index in [1.54, 1.807) is 0 Å². The first-order valence-electron chi connectivity index (χ1n) is 10.5. The molecule has 1 aromatic carbocycles. The van der Waals surface area contributed by atoms with E-state index in [1.807, 2.05) is 21.9 Å². The molecule has 7 nitrogen and oxygen atoms in total. The molecule has 0 radical (unpaired) electrons. The number of carbonyl (C=O) groups is 2. The first-order chi connectivity index (χ1) is 14.1. The highest BCUT2D eigenvalue weighted by Gasteiger charge is 2.38. The molecule has 1 aromatic rings. The number of likely N-dealkylation sites (tertiary alicyclic amines) is 2. The molecule has 3 fully saturated rings. The predicted octanol–water partition coefficient (Wildman–Crippen LogP) is 1.83. The smallest absolute Gasteiger partial charge is 0.320 e. The number of nitrogens with one attached hydrogen (secondary N) is 1. The second kappa shape index (κ2) is 7.78. The quantitative estimate of drug-likeness (QED) is 0.755. The summed E-state index contributed by atoms with van der Waals surface area (Å²) in [6.07, 6.45) is 2.78. The van der Waals surface area contributed by atoms with Gasteiger partial charge in [0.25, 0.3) is 0 Å². The van der Waals surface area contributed by atoms with Gasteiger partial charge in [-0.05, 0) is 36.5 Å². The molecule has 3 saturated heterocycles. The first-order valence-corrected chi connectivity index (χ1v) is 10.9. The Morgan fingerprint density at radius 1 is 1.10 bits per heavy atom. The lowest BCUT2D eigenvalue weighted by Crippen LogP contribution is -2.62. The molecule has 0 bridgehead atoms. The zero-order valence-corrected chi connectivity index (χ0v) is 17.2. The predicted molar refractivity (Wildman–Crippen MR) is 109 cm³/mol. The van der Waals surface area contributed by atoms with Crippen LogP contribution in [0.25, 0.3) is 0 Å². The minimum Gasteiger partial charge on any atom is -0.366 e. The third-order valence-electron chi connectivity index (χ3n) is 6.80. The molecule has 0 aromatic heterocycles. The van der Waals surface area contributed by atoms with Gasteiger partial charge in [0, 0.05) is 50.3 Å². The van der Waals surface area contributed by atoms with Gasteiger partial charge in [-0.2, -0.15) is 0 Å². The summed E-state index contributed by atoms with van der Waals surface area (Å²) in [7, 11) is 0. The van der Waals surface area contributed by atoms with Crippen molar-refractivity contribution < 1.29 is 14.3 Å². The fraction of sp³-hybridized carbons (Fsp3) is 0.619. The summed E-state index contributed by atoms with van der Waals surface area (Å²) in [5.74, 6) is -0.0897. The SMILES string of the molecule is O=C1COC2CCN(C(=O)N3CCC(N4Cc5cccc(Cl)c5C4)CC3)C[C@H]2N1. The number of urea groups is 1. The Hall–Kier alpha value is -1.83. The van der Waals surface area contributed by atoms with E-state index < -0.39 is 0 Å². The number of halogens is 1. The number of rotatable bonds is 1. The van der Waals surface area contributed by atoms with Crippen molar-refractivity contribution in [2.24, 2.45) is 0 Å². The van der Waals surface area contributed by atoms with Gasteiger partial charge >= 0.3 is 6.03 Å². The summed E-state index contributed by atoms with van der Waals surface area (Å²) in [6, 6.07) is 6.65. The van der Waals surface area contributed by atoms with Crippen LogP contribution in [0.5, 0.6) is 0 Å². The van der Waals surface area contributed by atoms with Gasteiger partial charge in [-0.1, -0.05) is 23.7 Å². The van der Waals surface area contributed by atoms with Crippen molar-refractivity contribution in [2.45, 2.75) is 50.5 Å². The van der Waals surface area contributed by atoms with Crippen molar-refractivity contribution in [3.63, 3.8) is 0 Å². The van der Waals surface area contributed by atoms with Crippen molar-refractivity contribution in [3.8, 4) is 0 Å². The van der Waals surface area contributed by atoms with E-state index in [9.17, 15) is 9.59 Å². The number of hydrogen-bond donors (Lipinski definition) is 1. The molecule has 29 heavy (non-hydrogen) atoms. The zero-order chi connectivity index (χ0) is 20.0. The van der Waals surface area contributed by atoms with Crippen molar-refractivity contribution >= 4 is 23.5 Å². The molecule has 3 amide bonds. The maximum Gasteiger partial charge on any atom is 0.320 e. The third-order valence-corrected chi connectivity index (χ3v) is 7.15. The minimum absolute atomic E-state index is 0.0334. The number of piperidine rings is 2. The molecule has 4 aliphatic rings. The van der Waals surface area contributed by atoms with Crippen molar-refractivity contribution in [1.29, 1.82) is 0 Å². The molecular formula is C21H27ClN4O3. The fourth-order valence-electron chi connectivity index (χ4n) is 5.16. The molecular weight excluding hydrogens is 392 g/mol. The monoisotopic (exact) mass is 418 g/mol. The molecule has 1 N–H and O–H groups in total. The Kier molecular flexibility index (Phi) is 5.14. The van der Waals surface area contributed by atoms with Crippen LogP contribution in [0.2, 0.25) is 5.02 Å². The van der Waals surface area contributed by atoms with Crippen LogP contribution in [0.15, 0.2) is 18.2 Å². The lowest BCUT2D eigenvalue weighted by Gasteiger charge is -2.44. The number of benzene rings is 1. The molecule has 1 unspecified atom stereocenters. The summed E-state index contributed by atoms with van der Waals surface area (Å²) < 4.78 is 5.60. The third kappa shape index (κ3) is 3.71. The van der Waals surface area contributed by atoms with Gasteiger partial charge in [-0.3, -0.25) is 9.69 Å². The van der Waals surface area contributed by atoms with Gasteiger partial charge in [0.1, 0.15) is 6.61 Å². The Labute approximate surface area is 175 Å². The summed E-state index contributed by atoms with van der Waals surface area (Å²) >= 11 is 6.36. The maximum atomic E-state index is 13.0. The highest BCUT2D eigenvalue weighted by molar-refractivity contribution is 6.31. The van der Waals surface area contributed by atoms with E-state index in [4.69, 9.17) is 16.3 Å². The number of hydrogen-bond acceptors (Lipinski definition) is 4. The van der Waals surface area contributed by atoms with Crippen molar-refractivity contribution in [2.75, 3.05) is 32.8 Å². The number of nitrogens with zero attached hydrogens (tertiary/aromatic N) is 3. The molecule has 5 rings (SSSR count). The molecule has 2 atom stereocenters. The summed E-state index contributed by atoms with van der Waals surface area (Å²) in [5.41, 5.74) is 2.59. The number of ether oxygens (including phenoxy) is 1. The highest BCUT2D eigenvalue weighted by Crippen LogP contribution is 2.32.